The van der Waals surface area contributed by atoms with E-state index in [0.29, 0.717) is 60.4 Å². The van der Waals surface area contributed by atoms with E-state index >= 15 is 0 Å². The fourth-order valence-corrected chi connectivity index (χ4v) is 4.79. The number of esters is 1. The minimum Gasteiger partial charge on any atom is -0.490 e. The van der Waals surface area contributed by atoms with Crippen LogP contribution in [0, 0.1) is 0 Å². The molecule has 0 bridgehead atoms. The second kappa shape index (κ2) is 11.0. The molecule has 1 aliphatic rings. The molecule has 0 aliphatic carbocycles. The lowest BCUT2D eigenvalue weighted by Crippen LogP contribution is -2.36. The molecule has 0 unspecified atom stereocenters. The van der Waals surface area contributed by atoms with Crippen molar-refractivity contribution in [2.45, 2.75) is 33.7 Å². The van der Waals surface area contributed by atoms with Gasteiger partial charge in [0.05, 0.1) is 39.0 Å². The summed E-state index contributed by atoms with van der Waals surface area (Å²) in [5.41, 5.74) is 1.46. The van der Waals surface area contributed by atoms with Gasteiger partial charge in [-0.2, -0.15) is 0 Å². The number of hydrogen-bond donors (Lipinski definition) is 1. The van der Waals surface area contributed by atoms with Crippen LogP contribution in [0.2, 0.25) is 0 Å². The summed E-state index contributed by atoms with van der Waals surface area (Å²) in [6, 6.07) is 4.93. The highest BCUT2D eigenvalue weighted by Gasteiger charge is 2.31. The summed E-state index contributed by atoms with van der Waals surface area (Å²) < 4.78 is 21.2. The maximum absolute atomic E-state index is 13.0. The Balaban J connectivity index is 1.89. The predicted molar refractivity (Wildman–Crippen MR) is 124 cm³/mol. The first-order valence-electron chi connectivity index (χ1n) is 10.8. The number of rotatable bonds is 8. The number of anilines is 1. The van der Waals surface area contributed by atoms with E-state index < -0.39 is 18.0 Å². The van der Waals surface area contributed by atoms with E-state index in [-0.39, 0.29) is 6.61 Å². The van der Waals surface area contributed by atoms with Crippen molar-refractivity contribution in [1.29, 1.82) is 0 Å². The highest BCUT2D eigenvalue weighted by atomic mass is 32.1. The van der Waals surface area contributed by atoms with E-state index in [1.165, 1.54) is 18.4 Å². The van der Waals surface area contributed by atoms with Crippen LogP contribution in [0.25, 0.3) is 0 Å². The summed E-state index contributed by atoms with van der Waals surface area (Å²) in [6.07, 6.45) is 0.0577. The van der Waals surface area contributed by atoms with Crippen LogP contribution < -0.4 is 14.8 Å². The molecular formula is C23H28N2O7S. The Bertz CT molecular complexity index is 1030. The Hall–Kier alpha value is -3.27. The minimum absolute atomic E-state index is 0.285. The molecule has 2 amide bonds. The zero-order valence-corrected chi connectivity index (χ0v) is 20.0. The van der Waals surface area contributed by atoms with E-state index in [4.69, 9.17) is 18.9 Å². The molecule has 1 N–H and O–H groups in total. The van der Waals surface area contributed by atoms with Crippen LogP contribution in [0.4, 0.5) is 9.80 Å². The van der Waals surface area contributed by atoms with Gasteiger partial charge in [0.1, 0.15) is 5.00 Å². The fraction of sp³-hybridized carbons (Fsp3) is 0.435. The zero-order valence-electron chi connectivity index (χ0n) is 19.2. The molecule has 0 spiro atoms. The SMILES string of the molecule is CCOC(=O)N1CCc2c(sc(NC(=O)c3ccc(OCC)c(OCC)c3)c2C(=O)OC)C1. The summed E-state index contributed by atoms with van der Waals surface area (Å²) in [4.78, 5) is 40.1. The Kier molecular flexibility index (Phi) is 8.16. The van der Waals surface area contributed by atoms with Crippen molar-refractivity contribution in [2.24, 2.45) is 0 Å². The van der Waals surface area contributed by atoms with Crippen LogP contribution in [-0.2, 0) is 22.4 Å². The number of benzene rings is 1. The normalized spacial score (nSPS) is 12.5. The number of ether oxygens (including phenoxy) is 4. The first-order valence-corrected chi connectivity index (χ1v) is 11.6. The third-order valence-corrected chi connectivity index (χ3v) is 6.14. The van der Waals surface area contributed by atoms with Crippen molar-refractivity contribution in [2.75, 3.05) is 38.8 Å². The van der Waals surface area contributed by atoms with Crippen LogP contribution in [0.5, 0.6) is 11.5 Å². The van der Waals surface area contributed by atoms with Gasteiger partial charge in [-0.05, 0) is 51.0 Å². The molecule has 0 fully saturated rings. The number of hydrogen-bond acceptors (Lipinski definition) is 8. The summed E-state index contributed by atoms with van der Waals surface area (Å²) in [7, 11) is 1.30. The third-order valence-electron chi connectivity index (χ3n) is 5.01. The molecular weight excluding hydrogens is 448 g/mol. The first kappa shape index (κ1) is 24.4. The van der Waals surface area contributed by atoms with Gasteiger partial charge in [0.25, 0.3) is 5.91 Å². The Morgan fingerprint density at radius 2 is 1.79 bits per heavy atom. The van der Waals surface area contributed by atoms with Gasteiger partial charge in [-0.25, -0.2) is 9.59 Å². The molecule has 9 nitrogen and oxygen atoms in total. The molecule has 10 heteroatoms. The van der Waals surface area contributed by atoms with Gasteiger partial charge in [0.2, 0.25) is 0 Å². The molecule has 0 saturated heterocycles. The lowest BCUT2D eigenvalue weighted by atomic mass is 10.0. The van der Waals surface area contributed by atoms with Gasteiger partial charge in [-0.15, -0.1) is 11.3 Å². The monoisotopic (exact) mass is 476 g/mol. The van der Waals surface area contributed by atoms with Crippen molar-refractivity contribution in [3.63, 3.8) is 0 Å². The quantitative estimate of drug-likeness (QED) is 0.572. The van der Waals surface area contributed by atoms with E-state index in [0.717, 1.165) is 10.4 Å². The second-order valence-electron chi connectivity index (χ2n) is 7.05. The molecule has 1 aromatic carbocycles. The fourth-order valence-electron chi connectivity index (χ4n) is 3.55. The number of carbonyl (C=O) groups is 3. The van der Waals surface area contributed by atoms with Gasteiger partial charge in [-0.3, -0.25) is 4.79 Å². The maximum atomic E-state index is 13.0. The minimum atomic E-state index is -0.533. The molecule has 0 radical (unpaired) electrons. The number of thiophene rings is 1. The van der Waals surface area contributed by atoms with E-state index in [2.05, 4.69) is 5.32 Å². The number of amides is 2. The van der Waals surface area contributed by atoms with Crippen molar-refractivity contribution in [3.8, 4) is 11.5 Å². The van der Waals surface area contributed by atoms with Gasteiger partial charge < -0.3 is 29.2 Å². The molecule has 178 valence electrons. The average molecular weight is 477 g/mol. The summed E-state index contributed by atoms with van der Waals surface area (Å²) in [5.74, 6) is 0.0895. The molecule has 0 atom stereocenters. The topological polar surface area (TPSA) is 103 Å². The molecule has 1 aromatic heterocycles. The van der Waals surface area contributed by atoms with Crippen LogP contribution in [0.1, 0.15) is 51.9 Å². The Morgan fingerprint density at radius 3 is 2.45 bits per heavy atom. The Labute approximate surface area is 196 Å². The lowest BCUT2D eigenvalue weighted by molar-refractivity contribution is 0.0600. The van der Waals surface area contributed by atoms with Crippen molar-refractivity contribution in [1.82, 2.24) is 4.90 Å². The summed E-state index contributed by atoms with van der Waals surface area (Å²) in [6.45, 7) is 7.36. The second-order valence-corrected chi connectivity index (χ2v) is 8.16. The number of fused-ring (bicyclic) bond motifs is 1. The highest BCUT2D eigenvalue weighted by molar-refractivity contribution is 7.17. The van der Waals surface area contributed by atoms with Gasteiger partial charge >= 0.3 is 12.1 Å². The van der Waals surface area contributed by atoms with E-state index in [1.54, 1.807) is 30.0 Å². The van der Waals surface area contributed by atoms with Crippen molar-refractivity contribution in [3.05, 3.63) is 39.8 Å². The zero-order chi connectivity index (χ0) is 24.0. The van der Waals surface area contributed by atoms with Crippen LogP contribution >= 0.6 is 11.3 Å². The van der Waals surface area contributed by atoms with Crippen molar-refractivity contribution < 1.29 is 33.3 Å². The summed E-state index contributed by atoms with van der Waals surface area (Å²) >= 11 is 1.26. The van der Waals surface area contributed by atoms with Gasteiger partial charge in [0, 0.05) is 17.0 Å². The number of nitrogens with zero attached hydrogens (tertiary/aromatic N) is 1. The van der Waals surface area contributed by atoms with Gasteiger partial charge in [0.15, 0.2) is 11.5 Å². The predicted octanol–water partition coefficient (Wildman–Crippen LogP) is 4.10. The van der Waals surface area contributed by atoms with Crippen LogP contribution in [0.3, 0.4) is 0 Å². The number of nitrogens with one attached hydrogen (secondary N) is 1. The standard InChI is InChI=1S/C23H28N2O7S/c1-5-30-16-9-8-14(12-17(16)31-6-2)20(26)24-21-19(22(27)29-4)15-10-11-25(13-18(15)33-21)23(28)32-7-3/h8-9,12H,5-7,10-11,13H2,1-4H3,(H,24,26). The molecule has 33 heavy (non-hydrogen) atoms. The molecule has 1 aliphatic heterocycles. The largest absolute Gasteiger partial charge is 0.490 e. The smallest absolute Gasteiger partial charge is 0.410 e. The molecule has 2 aromatic rings. The third kappa shape index (κ3) is 5.39. The van der Waals surface area contributed by atoms with Crippen LogP contribution in [0.15, 0.2) is 18.2 Å². The van der Waals surface area contributed by atoms with Gasteiger partial charge in [-0.1, -0.05) is 0 Å². The maximum Gasteiger partial charge on any atom is 0.410 e. The van der Waals surface area contributed by atoms with Crippen molar-refractivity contribution >= 4 is 34.3 Å². The number of methoxy groups -OCH3 is 1. The highest BCUT2D eigenvalue weighted by Crippen LogP contribution is 2.38. The average Bonchev–Trinajstić information content (AvgIpc) is 3.17. The van der Waals surface area contributed by atoms with E-state index in [1.807, 2.05) is 13.8 Å². The summed E-state index contributed by atoms with van der Waals surface area (Å²) in [5, 5.41) is 3.22. The number of carbonyl (C=O) groups excluding carboxylic acids is 3. The van der Waals surface area contributed by atoms with E-state index in [9.17, 15) is 14.4 Å². The van der Waals surface area contributed by atoms with Crippen LogP contribution in [-0.4, -0.2) is 56.3 Å². The molecule has 3 rings (SSSR count). The molecule has 2 heterocycles. The molecule has 0 saturated carbocycles. The first-order chi connectivity index (χ1) is 15.9. The Morgan fingerprint density at radius 1 is 1.06 bits per heavy atom. The lowest BCUT2D eigenvalue weighted by Gasteiger charge is -2.26.